The van der Waals surface area contributed by atoms with Crippen molar-refractivity contribution in [2.75, 3.05) is 6.79 Å². The first kappa shape index (κ1) is 12.7. The molecule has 1 aromatic carbocycles. The molecule has 1 aliphatic heterocycles. The Balaban J connectivity index is 1.92. The van der Waals surface area contributed by atoms with Gasteiger partial charge in [-0.25, -0.2) is 0 Å². The van der Waals surface area contributed by atoms with Gasteiger partial charge in [0.1, 0.15) is 0 Å². The summed E-state index contributed by atoms with van der Waals surface area (Å²) in [5, 5.41) is 8.94. The Labute approximate surface area is 107 Å². The SMILES string of the molecule is CC(CCc1ccc2c(c1)OCO2)C(C)C(=O)O. The first-order valence-corrected chi connectivity index (χ1v) is 6.19. The third-order valence-corrected chi connectivity index (χ3v) is 3.57. The van der Waals surface area contributed by atoms with Gasteiger partial charge in [-0.3, -0.25) is 4.79 Å². The maximum absolute atomic E-state index is 10.9. The molecule has 0 saturated carbocycles. The minimum atomic E-state index is -0.729. The highest BCUT2D eigenvalue weighted by Crippen LogP contribution is 2.33. The van der Waals surface area contributed by atoms with Crippen molar-refractivity contribution in [3.63, 3.8) is 0 Å². The summed E-state index contributed by atoms with van der Waals surface area (Å²) >= 11 is 0. The molecule has 0 aliphatic carbocycles. The van der Waals surface area contributed by atoms with Crippen LogP contribution in [-0.2, 0) is 11.2 Å². The highest BCUT2D eigenvalue weighted by atomic mass is 16.7. The molecule has 98 valence electrons. The monoisotopic (exact) mass is 250 g/mol. The van der Waals surface area contributed by atoms with Gasteiger partial charge >= 0.3 is 5.97 Å². The molecule has 1 heterocycles. The number of carboxylic acid groups (broad SMARTS) is 1. The molecule has 1 aromatic rings. The van der Waals surface area contributed by atoms with Crippen LogP contribution in [0.5, 0.6) is 11.5 Å². The van der Waals surface area contributed by atoms with Crippen LogP contribution in [0.15, 0.2) is 18.2 Å². The van der Waals surface area contributed by atoms with E-state index < -0.39 is 5.97 Å². The molecular formula is C14H18O4. The van der Waals surface area contributed by atoms with Gasteiger partial charge in [-0.15, -0.1) is 0 Å². The van der Waals surface area contributed by atoms with Gasteiger partial charge in [0.15, 0.2) is 11.5 Å². The van der Waals surface area contributed by atoms with Crippen LogP contribution in [0.25, 0.3) is 0 Å². The van der Waals surface area contributed by atoms with Gasteiger partial charge in [-0.1, -0.05) is 19.9 Å². The topological polar surface area (TPSA) is 55.8 Å². The number of hydrogen-bond acceptors (Lipinski definition) is 3. The van der Waals surface area contributed by atoms with Crippen molar-refractivity contribution in [1.29, 1.82) is 0 Å². The average molecular weight is 250 g/mol. The molecule has 0 fully saturated rings. The van der Waals surface area contributed by atoms with Gasteiger partial charge < -0.3 is 14.6 Å². The second-order valence-corrected chi connectivity index (χ2v) is 4.83. The summed E-state index contributed by atoms with van der Waals surface area (Å²) < 4.78 is 10.6. The van der Waals surface area contributed by atoms with E-state index in [2.05, 4.69) is 0 Å². The fourth-order valence-electron chi connectivity index (χ4n) is 1.98. The van der Waals surface area contributed by atoms with Crippen molar-refractivity contribution in [2.24, 2.45) is 11.8 Å². The molecule has 0 saturated heterocycles. The maximum Gasteiger partial charge on any atom is 0.306 e. The normalized spacial score (nSPS) is 16.3. The van der Waals surface area contributed by atoms with Crippen LogP contribution in [0.4, 0.5) is 0 Å². The molecule has 0 spiro atoms. The summed E-state index contributed by atoms with van der Waals surface area (Å²) in [6.45, 7) is 4.02. The van der Waals surface area contributed by atoms with Crippen LogP contribution in [0, 0.1) is 11.8 Å². The smallest absolute Gasteiger partial charge is 0.306 e. The standard InChI is InChI=1S/C14H18O4/c1-9(10(2)14(15)16)3-4-11-5-6-12-13(7-11)18-8-17-12/h5-7,9-10H,3-4,8H2,1-2H3,(H,15,16). The first-order valence-electron chi connectivity index (χ1n) is 6.19. The Bertz CT molecular complexity index is 441. The lowest BCUT2D eigenvalue weighted by Crippen LogP contribution is -2.18. The Morgan fingerprint density at radius 2 is 2.06 bits per heavy atom. The number of aliphatic carboxylic acids is 1. The number of ether oxygens (including phenoxy) is 2. The van der Waals surface area contributed by atoms with E-state index in [4.69, 9.17) is 14.6 Å². The number of carbonyl (C=O) groups is 1. The van der Waals surface area contributed by atoms with E-state index in [0.717, 1.165) is 29.9 Å². The van der Waals surface area contributed by atoms with Gasteiger partial charge in [0.2, 0.25) is 6.79 Å². The molecule has 2 rings (SSSR count). The van der Waals surface area contributed by atoms with Crippen LogP contribution in [0.2, 0.25) is 0 Å². The highest BCUT2D eigenvalue weighted by Gasteiger charge is 2.19. The van der Waals surface area contributed by atoms with E-state index in [1.165, 1.54) is 0 Å². The summed E-state index contributed by atoms with van der Waals surface area (Å²) in [7, 11) is 0. The van der Waals surface area contributed by atoms with Gasteiger partial charge in [0.05, 0.1) is 5.92 Å². The molecule has 0 bridgehead atoms. The summed E-state index contributed by atoms with van der Waals surface area (Å²) in [4.78, 5) is 10.9. The Kier molecular flexibility index (Phi) is 3.75. The zero-order chi connectivity index (χ0) is 13.1. The van der Waals surface area contributed by atoms with Crippen molar-refractivity contribution in [1.82, 2.24) is 0 Å². The predicted octanol–water partition coefficient (Wildman–Crippen LogP) is 2.70. The van der Waals surface area contributed by atoms with Gasteiger partial charge in [0, 0.05) is 0 Å². The lowest BCUT2D eigenvalue weighted by atomic mass is 9.90. The minimum Gasteiger partial charge on any atom is -0.481 e. The number of carboxylic acids is 1. The zero-order valence-corrected chi connectivity index (χ0v) is 10.7. The van der Waals surface area contributed by atoms with E-state index in [0.29, 0.717) is 0 Å². The van der Waals surface area contributed by atoms with Gasteiger partial charge in [-0.05, 0) is 36.5 Å². The second kappa shape index (κ2) is 5.29. The summed E-state index contributed by atoms with van der Waals surface area (Å²) in [5.74, 6) is 0.692. The van der Waals surface area contributed by atoms with Crippen LogP contribution in [0.3, 0.4) is 0 Å². The number of rotatable bonds is 5. The fourth-order valence-corrected chi connectivity index (χ4v) is 1.98. The van der Waals surface area contributed by atoms with Crippen LogP contribution in [0.1, 0.15) is 25.8 Å². The maximum atomic E-state index is 10.9. The van der Waals surface area contributed by atoms with Crippen molar-refractivity contribution < 1.29 is 19.4 Å². The molecule has 0 radical (unpaired) electrons. The van der Waals surface area contributed by atoms with E-state index in [-0.39, 0.29) is 18.6 Å². The molecule has 2 unspecified atom stereocenters. The molecular weight excluding hydrogens is 232 g/mol. The molecule has 4 heteroatoms. The molecule has 0 amide bonds. The summed E-state index contributed by atoms with van der Waals surface area (Å²) in [5.41, 5.74) is 1.16. The predicted molar refractivity (Wildman–Crippen MR) is 66.8 cm³/mol. The molecule has 18 heavy (non-hydrogen) atoms. The lowest BCUT2D eigenvalue weighted by Gasteiger charge is -2.15. The molecule has 1 N–H and O–H groups in total. The molecule has 1 aliphatic rings. The van der Waals surface area contributed by atoms with E-state index in [9.17, 15) is 4.79 Å². The van der Waals surface area contributed by atoms with Crippen LogP contribution in [-0.4, -0.2) is 17.9 Å². The fraction of sp³-hybridized carbons (Fsp3) is 0.500. The zero-order valence-electron chi connectivity index (χ0n) is 10.7. The van der Waals surface area contributed by atoms with Crippen molar-refractivity contribution >= 4 is 5.97 Å². The van der Waals surface area contributed by atoms with E-state index in [1.54, 1.807) is 6.92 Å². The van der Waals surface area contributed by atoms with E-state index in [1.807, 2.05) is 25.1 Å². The Morgan fingerprint density at radius 3 is 2.78 bits per heavy atom. The van der Waals surface area contributed by atoms with Crippen molar-refractivity contribution in [3.05, 3.63) is 23.8 Å². The van der Waals surface area contributed by atoms with Crippen molar-refractivity contribution in [3.8, 4) is 11.5 Å². The van der Waals surface area contributed by atoms with E-state index >= 15 is 0 Å². The largest absolute Gasteiger partial charge is 0.481 e. The average Bonchev–Trinajstić information content (AvgIpc) is 2.82. The summed E-state index contributed by atoms with van der Waals surface area (Å²) in [6, 6.07) is 5.88. The number of benzene rings is 1. The molecule has 4 nitrogen and oxygen atoms in total. The lowest BCUT2D eigenvalue weighted by molar-refractivity contribution is -0.142. The third-order valence-electron chi connectivity index (χ3n) is 3.57. The Hall–Kier alpha value is -1.71. The highest BCUT2D eigenvalue weighted by molar-refractivity contribution is 5.69. The third kappa shape index (κ3) is 2.75. The quantitative estimate of drug-likeness (QED) is 0.873. The first-order chi connectivity index (χ1) is 8.58. The number of aryl methyl sites for hydroxylation is 1. The molecule has 2 atom stereocenters. The summed E-state index contributed by atoms with van der Waals surface area (Å²) in [6.07, 6.45) is 1.71. The van der Waals surface area contributed by atoms with Crippen LogP contribution < -0.4 is 9.47 Å². The van der Waals surface area contributed by atoms with Gasteiger partial charge in [-0.2, -0.15) is 0 Å². The number of fused-ring (bicyclic) bond motifs is 1. The Morgan fingerprint density at radius 1 is 1.33 bits per heavy atom. The van der Waals surface area contributed by atoms with Crippen molar-refractivity contribution in [2.45, 2.75) is 26.7 Å². The second-order valence-electron chi connectivity index (χ2n) is 4.83. The minimum absolute atomic E-state index is 0.160. The molecule has 0 aromatic heterocycles. The number of hydrogen-bond donors (Lipinski definition) is 1. The van der Waals surface area contributed by atoms with Crippen LogP contribution >= 0.6 is 0 Å². The van der Waals surface area contributed by atoms with Gasteiger partial charge in [0.25, 0.3) is 0 Å².